The van der Waals surface area contributed by atoms with E-state index in [0.29, 0.717) is 12.0 Å². The van der Waals surface area contributed by atoms with Crippen molar-refractivity contribution in [3.63, 3.8) is 0 Å². The molecule has 0 aromatic carbocycles. The first-order valence-corrected chi connectivity index (χ1v) is 5.71. The van der Waals surface area contributed by atoms with E-state index < -0.39 is 0 Å². The standard InChI is InChI=1S/C11H20N2O2/c1-8-4-5-13(9(8)2)11(14)12-6-10(7-12)15-3/h8-10H,4-7H2,1-3H3. The van der Waals surface area contributed by atoms with Crippen molar-refractivity contribution in [3.8, 4) is 0 Å². The van der Waals surface area contributed by atoms with Gasteiger partial charge in [-0.3, -0.25) is 0 Å². The van der Waals surface area contributed by atoms with Crippen molar-refractivity contribution in [1.29, 1.82) is 0 Å². The van der Waals surface area contributed by atoms with Gasteiger partial charge in [-0.2, -0.15) is 0 Å². The first-order valence-electron chi connectivity index (χ1n) is 5.71. The Kier molecular flexibility index (Phi) is 2.87. The van der Waals surface area contributed by atoms with Crippen LogP contribution in [0.4, 0.5) is 4.79 Å². The van der Waals surface area contributed by atoms with Crippen LogP contribution in [0.5, 0.6) is 0 Å². The van der Waals surface area contributed by atoms with Crippen molar-refractivity contribution in [2.75, 3.05) is 26.7 Å². The molecule has 4 heteroatoms. The van der Waals surface area contributed by atoms with Gasteiger partial charge >= 0.3 is 6.03 Å². The Balaban J connectivity index is 1.87. The normalized spacial score (nSPS) is 31.9. The Labute approximate surface area is 91.2 Å². The van der Waals surface area contributed by atoms with Crippen LogP contribution < -0.4 is 0 Å². The Hall–Kier alpha value is -0.770. The fourth-order valence-corrected chi connectivity index (χ4v) is 2.29. The van der Waals surface area contributed by atoms with E-state index in [9.17, 15) is 4.79 Å². The van der Waals surface area contributed by atoms with Gasteiger partial charge in [0.2, 0.25) is 0 Å². The molecule has 0 N–H and O–H groups in total. The van der Waals surface area contributed by atoms with Gasteiger partial charge in [-0.05, 0) is 19.3 Å². The number of amides is 2. The third kappa shape index (κ3) is 1.83. The van der Waals surface area contributed by atoms with Crippen molar-refractivity contribution in [1.82, 2.24) is 9.80 Å². The van der Waals surface area contributed by atoms with Crippen LogP contribution in [0.25, 0.3) is 0 Å². The van der Waals surface area contributed by atoms with Crippen molar-refractivity contribution < 1.29 is 9.53 Å². The van der Waals surface area contributed by atoms with Crippen LogP contribution in [0.2, 0.25) is 0 Å². The lowest BCUT2D eigenvalue weighted by atomic mass is 10.1. The van der Waals surface area contributed by atoms with Gasteiger partial charge in [0, 0.05) is 19.7 Å². The number of methoxy groups -OCH3 is 1. The molecule has 0 aromatic rings. The van der Waals surface area contributed by atoms with E-state index in [2.05, 4.69) is 13.8 Å². The zero-order valence-corrected chi connectivity index (χ0v) is 9.77. The van der Waals surface area contributed by atoms with E-state index in [4.69, 9.17) is 4.74 Å². The molecular weight excluding hydrogens is 192 g/mol. The summed E-state index contributed by atoms with van der Waals surface area (Å²) >= 11 is 0. The predicted octanol–water partition coefficient (Wildman–Crippen LogP) is 1.17. The molecule has 4 nitrogen and oxygen atoms in total. The summed E-state index contributed by atoms with van der Waals surface area (Å²) in [7, 11) is 1.70. The summed E-state index contributed by atoms with van der Waals surface area (Å²) in [6.45, 7) is 6.78. The van der Waals surface area contributed by atoms with Crippen molar-refractivity contribution in [2.24, 2.45) is 5.92 Å². The Morgan fingerprint density at radius 1 is 1.33 bits per heavy atom. The fraction of sp³-hybridized carbons (Fsp3) is 0.909. The lowest BCUT2D eigenvalue weighted by molar-refractivity contribution is -0.0162. The molecule has 2 saturated heterocycles. The van der Waals surface area contributed by atoms with E-state index in [0.717, 1.165) is 26.1 Å². The first-order chi connectivity index (χ1) is 7.13. The maximum Gasteiger partial charge on any atom is 0.320 e. The number of hydrogen-bond acceptors (Lipinski definition) is 2. The Bertz CT molecular complexity index is 251. The Morgan fingerprint density at radius 3 is 2.47 bits per heavy atom. The van der Waals surface area contributed by atoms with E-state index in [1.54, 1.807) is 7.11 Å². The molecule has 2 aliphatic rings. The molecule has 2 rings (SSSR count). The molecule has 0 aliphatic carbocycles. The average molecular weight is 212 g/mol. The molecule has 2 heterocycles. The second-order valence-electron chi connectivity index (χ2n) is 4.75. The van der Waals surface area contributed by atoms with Crippen molar-refractivity contribution in [2.45, 2.75) is 32.4 Å². The molecule has 2 atom stereocenters. The van der Waals surface area contributed by atoms with Gasteiger partial charge in [0.05, 0.1) is 19.2 Å². The van der Waals surface area contributed by atoms with Gasteiger partial charge < -0.3 is 14.5 Å². The van der Waals surface area contributed by atoms with Crippen LogP contribution in [0, 0.1) is 5.92 Å². The highest BCUT2D eigenvalue weighted by Gasteiger charge is 2.38. The van der Waals surface area contributed by atoms with Crippen molar-refractivity contribution in [3.05, 3.63) is 0 Å². The van der Waals surface area contributed by atoms with Gasteiger partial charge in [-0.25, -0.2) is 4.79 Å². The molecular formula is C11H20N2O2. The third-order valence-electron chi connectivity index (χ3n) is 3.84. The second-order valence-corrected chi connectivity index (χ2v) is 4.75. The number of ether oxygens (including phenoxy) is 1. The molecule has 86 valence electrons. The lowest BCUT2D eigenvalue weighted by Crippen LogP contribution is -2.58. The summed E-state index contributed by atoms with van der Waals surface area (Å²) in [5.74, 6) is 0.633. The third-order valence-corrected chi connectivity index (χ3v) is 3.84. The molecule has 0 saturated carbocycles. The van der Waals surface area contributed by atoms with Crippen LogP contribution in [-0.4, -0.2) is 54.7 Å². The maximum absolute atomic E-state index is 12.0. The summed E-state index contributed by atoms with van der Waals surface area (Å²) in [6.07, 6.45) is 1.39. The summed E-state index contributed by atoms with van der Waals surface area (Å²) in [4.78, 5) is 15.9. The largest absolute Gasteiger partial charge is 0.378 e. The molecule has 15 heavy (non-hydrogen) atoms. The minimum absolute atomic E-state index is 0.195. The van der Waals surface area contributed by atoms with Crippen LogP contribution in [0.15, 0.2) is 0 Å². The van der Waals surface area contributed by atoms with Gasteiger partial charge in [0.1, 0.15) is 0 Å². The first kappa shape index (κ1) is 10.7. The SMILES string of the molecule is COC1CN(C(=O)N2CCC(C)C2C)C1. The molecule has 2 fully saturated rings. The number of urea groups is 1. The molecule has 2 unspecified atom stereocenters. The van der Waals surface area contributed by atoms with Crippen molar-refractivity contribution >= 4 is 6.03 Å². The zero-order chi connectivity index (χ0) is 11.0. The highest BCUT2D eigenvalue weighted by atomic mass is 16.5. The minimum Gasteiger partial charge on any atom is -0.378 e. The smallest absolute Gasteiger partial charge is 0.320 e. The van der Waals surface area contributed by atoms with Gasteiger partial charge in [-0.1, -0.05) is 6.92 Å². The van der Waals surface area contributed by atoms with Crippen LogP contribution >= 0.6 is 0 Å². The summed E-state index contributed by atoms with van der Waals surface area (Å²) in [6, 6.07) is 0.583. The highest BCUT2D eigenvalue weighted by Crippen LogP contribution is 2.26. The summed E-state index contributed by atoms with van der Waals surface area (Å²) < 4.78 is 5.16. The van der Waals surface area contributed by atoms with E-state index in [1.807, 2.05) is 9.80 Å². The molecule has 2 aliphatic heterocycles. The monoisotopic (exact) mass is 212 g/mol. The number of nitrogens with zero attached hydrogens (tertiary/aromatic N) is 2. The van der Waals surface area contributed by atoms with Gasteiger partial charge in [0.25, 0.3) is 0 Å². The average Bonchev–Trinajstić information content (AvgIpc) is 2.46. The molecule has 0 aromatic heterocycles. The molecule has 0 radical (unpaired) electrons. The van der Waals surface area contributed by atoms with Crippen LogP contribution in [-0.2, 0) is 4.74 Å². The maximum atomic E-state index is 12.0. The quantitative estimate of drug-likeness (QED) is 0.653. The predicted molar refractivity (Wildman–Crippen MR) is 57.7 cm³/mol. The topological polar surface area (TPSA) is 32.8 Å². The van der Waals surface area contributed by atoms with Gasteiger partial charge in [-0.15, -0.1) is 0 Å². The van der Waals surface area contributed by atoms with E-state index in [1.165, 1.54) is 0 Å². The number of carbonyl (C=O) groups excluding carboxylic acids is 1. The second kappa shape index (κ2) is 4.00. The zero-order valence-electron chi connectivity index (χ0n) is 9.77. The molecule has 0 spiro atoms. The fourth-order valence-electron chi connectivity index (χ4n) is 2.29. The number of likely N-dealkylation sites (tertiary alicyclic amines) is 2. The molecule has 2 amide bonds. The van der Waals surface area contributed by atoms with E-state index in [-0.39, 0.29) is 12.1 Å². The minimum atomic E-state index is 0.195. The van der Waals surface area contributed by atoms with Crippen LogP contribution in [0.3, 0.4) is 0 Å². The highest BCUT2D eigenvalue weighted by molar-refractivity contribution is 5.76. The number of carbonyl (C=O) groups is 1. The lowest BCUT2D eigenvalue weighted by Gasteiger charge is -2.41. The van der Waals surface area contributed by atoms with E-state index >= 15 is 0 Å². The van der Waals surface area contributed by atoms with Gasteiger partial charge in [0.15, 0.2) is 0 Å². The summed E-state index contributed by atoms with van der Waals surface area (Å²) in [5, 5.41) is 0. The number of hydrogen-bond donors (Lipinski definition) is 0. The summed E-state index contributed by atoms with van der Waals surface area (Å²) in [5.41, 5.74) is 0. The van der Waals surface area contributed by atoms with Crippen LogP contribution in [0.1, 0.15) is 20.3 Å². The molecule has 0 bridgehead atoms. The Morgan fingerprint density at radius 2 is 2.00 bits per heavy atom. The number of rotatable bonds is 1.